The third kappa shape index (κ3) is 2.92. The van der Waals surface area contributed by atoms with E-state index in [1.807, 2.05) is 0 Å². The van der Waals surface area contributed by atoms with Crippen molar-refractivity contribution in [3.8, 4) is 0 Å². The summed E-state index contributed by atoms with van der Waals surface area (Å²) in [5.41, 5.74) is 6.23. The number of hydrogen-bond donors (Lipinski definition) is 1. The lowest BCUT2D eigenvalue weighted by atomic mass is 10.0. The van der Waals surface area contributed by atoms with Crippen LogP contribution in [0.1, 0.15) is 24.4 Å². The van der Waals surface area contributed by atoms with Crippen molar-refractivity contribution in [1.29, 1.82) is 0 Å². The molecule has 0 aliphatic heterocycles. The number of rotatable bonds is 4. The summed E-state index contributed by atoms with van der Waals surface area (Å²) in [4.78, 5) is 0. The van der Waals surface area contributed by atoms with Crippen molar-refractivity contribution in [3.63, 3.8) is 0 Å². The predicted octanol–water partition coefficient (Wildman–Crippen LogP) is 2.93. The van der Waals surface area contributed by atoms with Gasteiger partial charge in [0, 0.05) is 12.1 Å². The molecule has 1 atom stereocenters. The Balaban J connectivity index is 2.78. The highest BCUT2D eigenvalue weighted by atomic mass is 19.1. The highest BCUT2D eigenvalue weighted by molar-refractivity contribution is 5.21. The van der Waals surface area contributed by atoms with E-state index < -0.39 is 11.6 Å². The maximum Gasteiger partial charge on any atom is 0.126 e. The molecule has 0 saturated heterocycles. The average Bonchev–Trinajstić information content (AvgIpc) is 2.12. The molecule has 0 fully saturated rings. The van der Waals surface area contributed by atoms with Crippen LogP contribution in [0.3, 0.4) is 0 Å². The average molecular weight is 197 g/mol. The lowest BCUT2D eigenvalue weighted by Crippen LogP contribution is -2.10. The van der Waals surface area contributed by atoms with Crippen LogP contribution in [-0.4, -0.2) is 0 Å². The molecule has 76 valence electrons. The van der Waals surface area contributed by atoms with Crippen LogP contribution in [0.25, 0.3) is 0 Å². The van der Waals surface area contributed by atoms with E-state index in [4.69, 9.17) is 5.73 Å². The molecule has 1 aromatic carbocycles. The minimum atomic E-state index is -0.589. The maximum absolute atomic E-state index is 12.8. The van der Waals surface area contributed by atoms with Gasteiger partial charge in [0.05, 0.1) is 0 Å². The van der Waals surface area contributed by atoms with E-state index in [2.05, 4.69) is 6.58 Å². The molecule has 0 bridgehead atoms. The molecule has 3 heteroatoms. The molecule has 0 unspecified atom stereocenters. The van der Waals surface area contributed by atoms with Crippen LogP contribution in [0.5, 0.6) is 0 Å². The summed E-state index contributed by atoms with van der Waals surface area (Å²) in [6.45, 7) is 3.56. The van der Waals surface area contributed by atoms with Crippen molar-refractivity contribution < 1.29 is 8.78 Å². The minimum Gasteiger partial charge on any atom is -0.324 e. The molecule has 0 amide bonds. The van der Waals surface area contributed by atoms with Gasteiger partial charge in [-0.25, -0.2) is 8.78 Å². The number of halogens is 2. The van der Waals surface area contributed by atoms with Gasteiger partial charge in [-0.3, -0.25) is 0 Å². The fourth-order valence-electron chi connectivity index (χ4n) is 1.25. The van der Waals surface area contributed by atoms with Crippen molar-refractivity contribution in [2.45, 2.75) is 18.9 Å². The lowest BCUT2D eigenvalue weighted by molar-refractivity contribution is 0.568. The Morgan fingerprint density at radius 1 is 1.29 bits per heavy atom. The summed E-state index contributed by atoms with van der Waals surface area (Å²) in [5, 5.41) is 0. The Bertz CT molecular complexity index is 303. The molecule has 0 aliphatic rings. The molecule has 1 rings (SSSR count). The Morgan fingerprint density at radius 2 is 1.86 bits per heavy atom. The van der Waals surface area contributed by atoms with E-state index in [-0.39, 0.29) is 6.04 Å². The topological polar surface area (TPSA) is 26.0 Å². The molecule has 0 radical (unpaired) electrons. The van der Waals surface area contributed by atoms with E-state index in [9.17, 15) is 8.78 Å². The van der Waals surface area contributed by atoms with Crippen molar-refractivity contribution >= 4 is 0 Å². The highest BCUT2D eigenvalue weighted by Crippen LogP contribution is 2.18. The van der Waals surface area contributed by atoms with Crippen LogP contribution >= 0.6 is 0 Å². The molecule has 1 aromatic rings. The van der Waals surface area contributed by atoms with Gasteiger partial charge in [0.1, 0.15) is 11.6 Å². The van der Waals surface area contributed by atoms with E-state index in [1.165, 1.54) is 12.1 Å². The van der Waals surface area contributed by atoms with Gasteiger partial charge in [-0.2, -0.15) is 0 Å². The Hall–Kier alpha value is -1.22. The van der Waals surface area contributed by atoms with Crippen molar-refractivity contribution in [1.82, 2.24) is 0 Å². The molecule has 0 heterocycles. The first-order chi connectivity index (χ1) is 6.63. The summed E-state index contributed by atoms with van der Waals surface area (Å²) < 4.78 is 25.6. The second-order valence-electron chi connectivity index (χ2n) is 3.18. The van der Waals surface area contributed by atoms with Gasteiger partial charge in [0.25, 0.3) is 0 Å². The molecule has 0 aliphatic carbocycles. The number of hydrogen-bond acceptors (Lipinski definition) is 1. The summed E-state index contributed by atoms with van der Waals surface area (Å²) in [6, 6.07) is 3.02. The molecule has 0 saturated carbocycles. The zero-order chi connectivity index (χ0) is 10.6. The number of nitrogens with two attached hydrogens (primary N) is 1. The predicted molar refractivity (Wildman–Crippen MR) is 52.7 cm³/mol. The summed E-state index contributed by atoms with van der Waals surface area (Å²) in [5.74, 6) is -1.18. The van der Waals surface area contributed by atoms with Gasteiger partial charge in [-0.15, -0.1) is 6.58 Å². The Kier molecular flexibility index (Phi) is 3.77. The largest absolute Gasteiger partial charge is 0.324 e. The lowest BCUT2D eigenvalue weighted by Gasteiger charge is -2.10. The second-order valence-corrected chi connectivity index (χ2v) is 3.18. The normalized spacial score (nSPS) is 12.5. The van der Waals surface area contributed by atoms with Crippen molar-refractivity contribution in [2.24, 2.45) is 5.73 Å². The van der Waals surface area contributed by atoms with Crippen molar-refractivity contribution in [2.75, 3.05) is 0 Å². The summed E-state index contributed by atoms with van der Waals surface area (Å²) in [7, 11) is 0. The van der Waals surface area contributed by atoms with Gasteiger partial charge < -0.3 is 5.73 Å². The van der Waals surface area contributed by atoms with Crippen LogP contribution in [0.15, 0.2) is 30.9 Å². The van der Waals surface area contributed by atoms with Gasteiger partial charge in [-0.1, -0.05) is 6.08 Å². The van der Waals surface area contributed by atoms with E-state index in [0.29, 0.717) is 12.0 Å². The first kappa shape index (κ1) is 10.9. The SMILES string of the molecule is C=CCC[C@H](N)c1cc(F)cc(F)c1. The fourth-order valence-corrected chi connectivity index (χ4v) is 1.25. The number of allylic oxidation sites excluding steroid dienone is 1. The maximum atomic E-state index is 12.8. The van der Waals surface area contributed by atoms with Crippen LogP contribution in [0.2, 0.25) is 0 Å². The molecule has 1 nitrogen and oxygen atoms in total. The minimum absolute atomic E-state index is 0.335. The third-order valence-electron chi connectivity index (χ3n) is 1.99. The van der Waals surface area contributed by atoms with E-state index in [0.717, 1.165) is 12.5 Å². The summed E-state index contributed by atoms with van der Waals surface area (Å²) in [6.07, 6.45) is 3.11. The Morgan fingerprint density at radius 3 is 2.36 bits per heavy atom. The zero-order valence-corrected chi connectivity index (χ0v) is 7.84. The molecule has 14 heavy (non-hydrogen) atoms. The van der Waals surface area contributed by atoms with E-state index in [1.54, 1.807) is 6.08 Å². The zero-order valence-electron chi connectivity index (χ0n) is 7.84. The monoisotopic (exact) mass is 197 g/mol. The smallest absolute Gasteiger partial charge is 0.126 e. The molecule has 0 spiro atoms. The first-order valence-corrected chi connectivity index (χ1v) is 4.46. The second kappa shape index (κ2) is 4.86. The third-order valence-corrected chi connectivity index (χ3v) is 1.99. The van der Waals surface area contributed by atoms with Gasteiger partial charge in [0.2, 0.25) is 0 Å². The standard InChI is InChI=1S/C11H13F2N/c1-2-3-4-11(14)8-5-9(12)7-10(13)6-8/h2,5-7,11H,1,3-4,14H2/t11-/m0/s1. The first-order valence-electron chi connectivity index (χ1n) is 4.46. The number of benzene rings is 1. The quantitative estimate of drug-likeness (QED) is 0.738. The fraction of sp³-hybridized carbons (Fsp3) is 0.273. The molecular weight excluding hydrogens is 184 g/mol. The van der Waals surface area contributed by atoms with Gasteiger partial charge >= 0.3 is 0 Å². The van der Waals surface area contributed by atoms with Crippen LogP contribution in [0, 0.1) is 11.6 Å². The highest BCUT2D eigenvalue weighted by Gasteiger charge is 2.07. The van der Waals surface area contributed by atoms with E-state index >= 15 is 0 Å². The van der Waals surface area contributed by atoms with Gasteiger partial charge in [-0.05, 0) is 30.5 Å². The molecule has 0 aromatic heterocycles. The van der Waals surface area contributed by atoms with Crippen LogP contribution in [0.4, 0.5) is 8.78 Å². The van der Waals surface area contributed by atoms with Crippen molar-refractivity contribution in [3.05, 3.63) is 48.1 Å². The van der Waals surface area contributed by atoms with Gasteiger partial charge in [0.15, 0.2) is 0 Å². The van der Waals surface area contributed by atoms with Crippen LogP contribution in [-0.2, 0) is 0 Å². The molecule has 2 N–H and O–H groups in total. The van der Waals surface area contributed by atoms with Crippen LogP contribution < -0.4 is 5.73 Å². The summed E-state index contributed by atoms with van der Waals surface area (Å²) >= 11 is 0. The molecular formula is C11H13F2N. The Labute approximate surface area is 82.2 Å².